The van der Waals surface area contributed by atoms with Gasteiger partial charge in [0.1, 0.15) is 4.83 Å². The maximum Gasteiger partial charge on any atom is 0.261 e. The molecule has 3 aromatic rings. The monoisotopic (exact) mass is 418 g/mol. The van der Waals surface area contributed by atoms with Gasteiger partial charge >= 0.3 is 0 Å². The van der Waals surface area contributed by atoms with Crippen molar-refractivity contribution in [3.63, 3.8) is 0 Å². The van der Waals surface area contributed by atoms with Gasteiger partial charge in [0.2, 0.25) is 0 Å². The maximum absolute atomic E-state index is 12.8. The van der Waals surface area contributed by atoms with E-state index < -0.39 is 0 Å². The third-order valence-corrected chi connectivity index (χ3v) is 6.29. The summed E-state index contributed by atoms with van der Waals surface area (Å²) in [5.41, 5.74) is 1.70. The van der Waals surface area contributed by atoms with Crippen molar-refractivity contribution in [3.8, 4) is 5.69 Å². The van der Waals surface area contributed by atoms with Crippen LogP contribution in [0.2, 0.25) is 5.02 Å². The first-order valence-electron chi connectivity index (χ1n) is 9.38. The number of aryl methyl sites for hydroxylation is 1. The second-order valence-electron chi connectivity index (χ2n) is 7.07. The summed E-state index contributed by atoms with van der Waals surface area (Å²) in [6.45, 7) is 8.16. The first-order chi connectivity index (χ1) is 13.5. The zero-order valence-corrected chi connectivity index (χ0v) is 17.5. The molecule has 6 nitrogen and oxygen atoms in total. The Morgan fingerprint density at radius 1 is 1.36 bits per heavy atom. The number of thiophene rings is 1. The van der Waals surface area contributed by atoms with Crippen LogP contribution in [-0.2, 0) is 4.74 Å². The van der Waals surface area contributed by atoms with Gasteiger partial charge in [0.15, 0.2) is 0 Å². The molecule has 1 atom stereocenters. The molecule has 8 heteroatoms. The molecule has 1 aliphatic rings. The van der Waals surface area contributed by atoms with Gasteiger partial charge in [0, 0.05) is 31.1 Å². The molecule has 0 radical (unpaired) electrons. The van der Waals surface area contributed by atoms with Crippen molar-refractivity contribution in [1.29, 1.82) is 0 Å². The van der Waals surface area contributed by atoms with Gasteiger partial charge in [-0.05, 0) is 32.0 Å². The van der Waals surface area contributed by atoms with Gasteiger partial charge in [0.25, 0.3) is 5.91 Å². The summed E-state index contributed by atoms with van der Waals surface area (Å²) in [6.07, 6.45) is 0. The van der Waals surface area contributed by atoms with E-state index >= 15 is 0 Å². The predicted octanol–water partition coefficient (Wildman–Crippen LogP) is 3.50. The lowest BCUT2D eigenvalue weighted by atomic mass is 10.2. The van der Waals surface area contributed by atoms with Crippen LogP contribution in [0.15, 0.2) is 30.3 Å². The highest BCUT2D eigenvalue weighted by atomic mass is 35.5. The van der Waals surface area contributed by atoms with Crippen LogP contribution in [0.3, 0.4) is 0 Å². The molecular formula is C20H23ClN4O2S. The zero-order chi connectivity index (χ0) is 19.7. The fourth-order valence-electron chi connectivity index (χ4n) is 3.46. The zero-order valence-electron chi connectivity index (χ0n) is 15.9. The highest BCUT2D eigenvalue weighted by Gasteiger charge is 2.20. The fourth-order valence-corrected chi connectivity index (χ4v) is 4.75. The van der Waals surface area contributed by atoms with Crippen molar-refractivity contribution >= 4 is 39.1 Å². The van der Waals surface area contributed by atoms with E-state index in [9.17, 15) is 4.79 Å². The third kappa shape index (κ3) is 3.93. The van der Waals surface area contributed by atoms with Crippen molar-refractivity contribution in [2.24, 2.45) is 0 Å². The quantitative estimate of drug-likeness (QED) is 0.689. The van der Waals surface area contributed by atoms with Gasteiger partial charge in [-0.3, -0.25) is 9.69 Å². The molecule has 1 aromatic carbocycles. The molecule has 4 rings (SSSR count). The molecule has 148 valence electrons. The molecule has 0 aliphatic carbocycles. The molecule has 0 spiro atoms. The molecule has 1 aliphatic heterocycles. The number of ether oxygens (including phenoxy) is 1. The van der Waals surface area contributed by atoms with Gasteiger partial charge in [-0.25, -0.2) is 4.68 Å². The number of carbonyl (C=O) groups is 1. The summed E-state index contributed by atoms with van der Waals surface area (Å²) in [7, 11) is 0. The van der Waals surface area contributed by atoms with E-state index in [1.807, 2.05) is 48.9 Å². The Kier molecular flexibility index (Phi) is 5.68. The van der Waals surface area contributed by atoms with Gasteiger partial charge in [-0.15, -0.1) is 11.3 Å². The molecule has 1 saturated heterocycles. The van der Waals surface area contributed by atoms with Crippen LogP contribution in [0.1, 0.15) is 22.3 Å². The summed E-state index contributed by atoms with van der Waals surface area (Å²) < 4.78 is 7.20. The summed E-state index contributed by atoms with van der Waals surface area (Å²) in [4.78, 5) is 16.7. The number of para-hydroxylation sites is 1. The second kappa shape index (κ2) is 8.21. The minimum absolute atomic E-state index is 0.0490. The van der Waals surface area contributed by atoms with E-state index in [1.165, 1.54) is 11.3 Å². The normalized spacial score (nSPS) is 16.4. The van der Waals surface area contributed by atoms with E-state index in [0.29, 0.717) is 9.90 Å². The number of hydrogen-bond acceptors (Lipinski definition) is 5. The molecular weight excluding hydrogens is 396 g/mol. The largest absolute Gasteiger partial charge is 0.379 e. The molecule has 28 heavy (non-hydrogen) atoms. The Hall–Kier alpha value is -1.93. The molecule has 1 N–H and O–H groups in total. The van der Waals surface area contributed by atoms with E-state index in [2.05, 4.69) is 15.3 Å². The molecule has 1 fully saturated rings. The van der Waals surface area contributed by atoms with Gasteiger partial charge in [-0.2, -0.15) is 5.10 Å². The average molecular weight is 419 g/mol. The number of carbonyl (C=O) groups excluding carboxylic acids is 1. The fraction of sp³-hybridized carbons (Fsp3) is 0.400. The van der Waals surface area contributed by atoms with Crippen molar-refractivity contribution in [1.82, 2.24) is 20.0 Å². The Morgan fingerprint density at radius 2 is 2.11 bits per heavy atom. The minimum atomic E-state index is -0.0490. The number of fused-ring (bicyclic) bond motifs is 1. The van der Waals surface area contributed by atoms with Crippen LogP contribution >= 0.6 is 22.9 Å². The summed E-state index contributed by atoms with van der Waals surface area (Å²) in [5, 5.41) is 9.34. The lowest BCUT2D eigenvalue weighted by molar-refractivity contribution is 0.0342. The number of amides is 1. The lowest BCUT2D eigenvalue weighted by Crippen LogP contribution is -2.45. The Bertz CT molecular complexity index is 993. The summed E-state index contributed by atoms with van der Waals surface area (Å²) in [6, 6.07) is 9.58. The Balaban J connectivity index is 1.53. The van der Waals surface area contributed by atoms with Crippen LogP contribution < -0.4 is 5.32 Å². The number of rotatable bonds is 5. The molecule has 0 saturated carbocycles. The molecule has 2 aromatic heterocycles. The van der Waals surface area contributed by atoms with E-state index in [0.717, 1.165) is 54.4 Å². The van der Waals surface area contributed by atoms with Crippen LogP contribution in [-0.4, -0.2) is 59.5 Å². The van der Waals surface area contributed by atoms with Crippen LogP contribution in [0.25, 0.3) is 15.9 Å². The highest BCUT2D eigenvalue weighted by molar-refractivity contribution is 7.20. The lowest BCUT2D eigenvalue weighted by Gasteiger charge is -2.29. The minimum Gasteiger partial charge on any atom is -0.379 e. The summed E-state index contributed by atoms with van der Waals surface area (Å²) in [5.74, 6) is -0.0490. The number of morpholine rings is 1. The average Bonchev–Trinajstić information content (AvgIpc) is 3.24. The molecule has 0 bridgehead atoms. The van der Waals surface area contributed by atoms with E-state index in [4.69, 9.17) is 16.3 Å². The number of nitrogens with zero attached hydrogens (tertiary/aromatic N) is 3. The molecule has 1 amide bonds. The topological polar surface area (TPSA) is 59.4 Å². The van der Waals surface area contributed by atoms with Crippen LogP contribution in [0.4, 0.5) is 0 Å². The highest BCUT2D eigenvalue weighted by Crippen LogP contribution is 2.32. The van der Waals surface area contributed by atoms with Crippen molar-refractivity contribution in [2.75, 3.05) is 32.8 Å². The van der Waals surface area contributed by atoms with Crippen LogP contribution in [0, 0.1) is 6.92 Å². The number of hydrogen-bond donors (Lipinski definition) is 1. The number of benzene rings is 1. The third-order valence-electron chi connectivity index (χ3n) is 4.86. The predicted molar refractivity (Wildman–Crippen MR) is 113 cm³/mol. The molecule has 1 unspecified atom stereocenters. The number of nitrogens with one attached hydrogen (secondary N) is 1. The molecule has 3 heterocycles. The van der Waals surface area contributed by atoms with Crippen molar-refractivity contribution < 1.29 is 9.53 Å². The Labute approximate surface area is 173 Å². The standard InChI is InChI=1S/C20H23ClN4O2S/c1-13(12-24-7-9-27-10-8-24)22-19(26)18-11-15-14(2)23-25(20(15)28-18)17-6-4-3-5-16(17)21/h3-6,11,13H,7-10,12H2,1-2H3,(H,22,26). The first-order valence-corrected chi connectivity index (χ1v) is 10.6. The number of aromatic nitrogens is 2. The van der Waals surface area contributed by atoms with Gasteiger partial charge in [0.05, 0.1) is 34.5 Å². The van der Waals surface area contributed by atoms with Crippen molar-refractivity contribution in [3.05, 3.63) is 45.9 Å². The van der Waals surface area contributed by atoms with Crippen LogP contribution in [0.5, 0.6) is 0 Å². The SMILES string of the molecule is Cc1nn(-c2ccccc2Cl)c2sc(C(=O)NC(C)CN3CCOCC3)cc12. The van der Waals surface area contributed by atoms with E-state index in [-0.39, 0.29) is 11.9 Å². The summed E-state index contributed by atoms with van der Waals surface area (Å²) >= 11 is 7.79. The van der Waals surface area contributed by atoms with Gasteiger partial charge in [-0.1, -0.05) is 23.7 Å². The smallest absolute Gasteiger partial charge is 0.261 e. The van der Waals surface area contributed by atoms with Gasteiger partial charge < -0.3 is 10.1 Å². The first kappa shape index (κ1) is 19.4. The Morgan fingerprint density at radius 3 is 2.86 bits per heavy atom. The second-order valence-corrected chi connectivity index (χ2v) is 8.50. The van der Waals surface area contributed by atoms with E-state index in [1.54, 1.807) is 0 Å². The van der Waals surface area contributed by atoms with Crippen molar-refractivity contribution in [2.45, 2.75) is 19.9 Å². The number of halogens is 1. The maximum atomic E-state index is 12.8.